The van der Waals surface area contributed by atoms with Gasteiger partial charge in [0.25, 0.3) is 5.91 Å². The van der Waals surface area contributed by atoms with Crippen molar-refractivity contribution in [3.8, 4) is 28.6 Å². The molecule has 1 atom stereocenters. The van der Waals surface area contributed by atoms with E-state index >= 15 is 0 Å². The number of benzene rings is 2. The molecule has 1 aliphatic rings. The minimum Gasteiger partial charge on any atom is -0.493 e. The van der Waals surface area contributed by atoms with E-state index in [1.807, 2.05) is 24.3 Å². The van der Waals surface area contributed by atoms with Crippen LogP contribution >= 0.6 is 23.4 Å². The zero-order chi connectivity index (χ0) is 20.5. The molecule has 0 N–H and O–H groups in total. The lowest BCUT2D eigenvalue weighted by Crippen LogP contribution is -2.21. The van der Waals surface area contributed by atoms with Crippen molar-refractivity contribution in [1.82, 2.24) is 14.8 Å². The minimum absolute atomic E-state index is 0.120. The number of halogens is 1. The quantitative estimate of drug-likeness (QED) is 0.588. The average Bonchev–Trinajstić information content (AvgIpc) is 3.18. The molecule has 9 heteroatoms. The van der Waals surface area contributed by atoms with Crippen LogP contribution < -0.4 is 14.2 Å². The Morgan fingerprint density at radius 2 is 1.72 bits per heavy atom. The lowest BCUT2D eigenvalue weighted by molar-refractivity contribution is 0.0868. The molecule has 29 heavy (non-hydrogen) atoms. The maximum absolute atomic E-state index is 12.7. The fourth-order valence-corrected chi connectivity index (χ4v) is 4.41. The van der Waals surface area contributed by atoms with Gasteiger partial charge in [-0.3, -0.25) is 4.79 Å². The summed E-state index contributed by atoms with van der Waals surface area (Å²) < 4.78 is 17.6. The molecule has 3 aromatic rings. The van der Waals surface area contributed by atoms with Gasteiger partial charge in [0.1, 0.15) is 0 Å². The molecule has 2 heterocycles. The molecule has 0 saturated heterocycles. The van der Waals surface area contributed by atoms with E-state index in [1.54, 1.807) is 33.5 Å². The van der Waals surface area contributed by atoms with E-state index < -0.39 is 0 Å². The molecule has 0 aliphatic carbocycles. The highest BCUT2D eigenvalue weighted by Gasteiger charge is 2.31. The summed E-state index contributed by atoms with van der Waals surface area (Å²) >= 11 is 7.42. The van der Waals surface area contributed by atoms with Crippen LogP contribution in [0.15, 0.2) is 41.6 Å². The van der Waals surface area contributed by atoms with E-state index in [0.29, 0.717) is 33.3 Å². The van der Waals surface area contributed by atoms with Crippen molar-refractivity contribution in [3.63, 3.8) is 0 Å². The molecule has 0 radical (unpaired) electrons. The van der Waals surface area contributed by atoms with E-state index in [-0.39, 0.29) is 17.6 Å². The Labute approximate surface area is 176 Å². The van der Waals surface area contributed by atoms with Crippen molar-refractivity contribution in [2.24, 2.45) is 0 Å². The fourth-order valence-electron chi connectivity index (χ4n) is 3.14. The van der Waals surface area contributed by atoms with Crippen molar-refractivity contribution < 1.29 is 19.0 Å². The Morgan fingerprint density at radius 1 is 1.07 bits per heavy atom. The Hall–Kier alpha value is -2.71. The fraction of sp³-hybridized carbons (Fsp3) is 0.250. The van der Waals surface area contributed by atoms with Gasteiger partial charge in [-0.25, -0.2) is 4.98 Å². The molecule has 0 bridgehead atoms. The zero-order valence-electron chi connectivity index (χ0n) is 16.0. The van der Waals surface area contributed by atoms with Gasteiger partial charge in [-0.2, -0.15) is 4.68 Å². The van der Waals surface area contributed by atoms with E-state index in [2.05, 4.69) is 10.1 Å². The first-order valence-electron chi connectivity index (χ1n) is 8.76. The highest BCUT2D eigenvalue weighted by Crippen LogP contribution is 2.46. The van der Waals surface area contributed by atoms with Crippen LogP contribution in [-0.2, 0) is 0 Å². The van der Waals surface area contributed by atoms with Crippen molar-refractivity contribution in [1.29, 1.82) is 0 Å². The number of rotatable bonds is 5. The van der Waals surface area contributed by atoms with E-state index in [1.165, 1.54) is 16.4 Å². The predicted octanol–water partition coefficient (Wildman–Crippen LogP) is 4.50. The van der Waals surface area contributed by atoms with Gasteiger partial charge in [-0.15, -0.1) is 5.10 Å². The first-order valence-corrected chi connectivity index (χ1v) is 10.0. The summed E-state index contributed by atoms with van der Waals surface area (Å²) in [7, 11) is 4.68. The first-order chi connectivity index (χ1) is 14.0. The van der Waals surface area contributed by atoms with Crippen molar-refractivity contribution >= 4 is 29.3 Å². The van der Waals surface area contributed by atoms with Gasteiger partial charge in [0.2, 0.25) is 5.75 Å². The lowest BCUT2D eigenvalue weighted by atomic mass is 10.1. The minimum atomic E-state index is -0.147. The SMILES string of the molecule is COc1cc(C2CC(=O)n3nc(-c4ccc(Cl)cc4)nc3S2)cc(OC)c1OC. The zero-order valence-corrected chi connectivity index (χ0v) is 17.6. The Balaban J connectivity index is 1.69. The third-order valence-electron chi connectivity index (χ3n) is 4.58. The smallest absolute Gasteiger partial charge is 0.250 e. The monoisotopic (exact) mass is 431 g/mol. The van der Waals surface area contributed by atoms with Crippen molar-refractivity contribution in [2.75, 3.05) is 21.3 Å². The van der Waals surface area contributed by atoms with Crippen LogP contribution in [0.2, 0.25) is 5.02 Å². The van der Waals surface area contributed by atoms with Crippen LogP contribution in [0.25, 0.3) is 11.4 Å². The molecule has 150 valence electrons. The molecule has 2 aromatic carbocycles. The largest absolute Gasteiger partial charge is 0.493 e. The predicted molar refractivity (Wildman–Crippen MR) is 110 cm³/mol. The second kappa shape index (κ2) is 7.96. The van der Waals surface area contributed by atoms with Gasteiger partial charge in [0.05, 0.1) is 21.3 Å². The molecule has 1 unspecified atom stereocenters. The van der Waals surface area contributed by atoms with Gasteiger partial charge < -0.3 is 14.2 Å². The number of nitrogens with zero attached hydrogens (tertiary/aromatic N) is 3. The van der Waals surface area contributed by atoms with Crippen LogP contribution in [0.4, 0.5) is 0 Å². The number of hydrogen-bond donors (Lipinski definition) is 0. The van der Waals surface area contributed by atoms with E-state index in [9.17, 15) is 4.79 Å². The van der Waals surface area contributed by atoms with E-state index in [0.717, 1.165) is 11.1 Å². The molecule has 1 aliphatic heterocycles. The molecule has 0 spiro atoms. The summed E-state index contributed by atoms with van der Waals surface area (Å²) in [6, 6.07) is 10.9. The molecule has 7 nitrogen and oxygen atoms in total. The summed E-state index contributed by atoms with van der Waals surface area (Å²) in [6.07, 6.45) is 0.278. The lowest BCUT2D eigenvalue weighted by Gasteiger charge is -2.22. The topological polar surface area (TPSA) is 75.5 Å². The number of thioether (sulfide) groups is 1. The van der Waals surface area contributed by atoms with E-state index in [4.69, 9.17) is 25.8 Å². The number of carbonyl (C=O) groups is 1. The number of hydrogen-bond acceptors (Lipinski definition) is 7. The number of carbonyl (C=O) groups excluding carboxylic acids is 1. The number of aromatic nitrogens is 3. The van der Waals surface area contributed by atoms with Gasteiger partial charge in [0.15, 0.2) is 22.5 Å². The molecule has 4 rings (SSSR count). The summed E-state index contributed by atoms with van der Waals surface area (Å²) in [6.45, 7) is 0. The summed E-state index contributed by atoms with van der Waals surface area (Å²) in [4.78, 5) is 17.3. The Kier molecular flexibility index (Phi) is 5.38. The number of ether oxygens (including phenoxy) is 3. The summed E-state index contributed by atoms with van der Waals surface area (Å²) in [5.41, 5.74) is 1.69. The standard InChI is InChI=1S/C20H18ClN3O4S/c1-26-14-8-12(9-15(27-2)18(14)28-3)16-10-17(25)24-20(29-16)22-19(23-24)11-4-6-13(21)7-5-11/h4-9,16H,10H2,1-3H3. The highest BCUT2D eigenvalue weighted by atomic mass is 35.5. The van der Waals surface area contributed by atoms with Gasteiger partial charge >= 0.3 is 0 Å². The van der Waals surface area contributed by atoms with Gasteiger partial charge in [0, 0.05) is 22.3 Å². The summed E-state index contributed by atoms with van der Waals surface area (Å²) in [5.74, 6) is 1.97. The molecular formula is C20H18ClN3O4S. The van der Waals surface area contributed by atoms with Crippen LogP contribution in [0.3, 0.4) is 0 Å². The molecule has 0 amide bonds. The average molecular weight is 432 g/mol. The van der Waals surface area contributed by atoms with Crippen LogP contribution in [0, 0.1) is 0 Å². The van der Waals surface area contributed by atoms with Crippen LogP contribution in [0.5, 0.6) is 17.2 Å². The maximum Gasteiger partial charge on any atom is 0.250 e. The summed E-state index contributed by atoms with van der Waals surface area (Å²) in [5, 5.41) is 5.41. The van der Waals surface area contributed by atoms with Gasteiger partial charge in [-0.1, -0.05) is 23.4 Å². The third-order valence-corrected chi connectivity index (χ3v) is 6.03. The molecular weight excluding hydrogens is 414 g/mol. The van der Waals surface area contributed by atoms with Crippen LogP contribution in [-0.4, -0.2) is 42.0 Å². The van der Waals surface area contributed by atoms with Crippen LogP contribution in [0.1, 0.15) is 22.0 Å². The normalized spacial score (nSPS) is 15.7. The first kappa shape index (κ1) is 19.6. The maximum atomic E-state index is 12.7. The Bertz CT molecular complexity index is 1040. The molecule has 0 fully saturated rings. The van der Waals surface area contributed by atoms with Gasteiger partial charge in [-0.05, 0) is 42.0 Å². The highest BCUT2D eigenvalue weighted by molar-refractivity contribution is 7.99. The number of fused-ring (bicyclic) bond motifs is 1. The molecule has 0 saturated carbocycles. The second-order valence-electron chi connectivity index (χ2n) is 6.30. The third kappa shape index (κ3) is 3.65. The second-order valence-corrected chi connectivity index (χ2v) is 7.91. The van der Waals surface area contributed by atoms with Crippen molar-refractivity contribution in [3.05, 3.63) is 47.0 Å². The number of methoxy groups -OCH3 is 3. The van der Waals surface area contributed by atoms with Crippen molar-refractivity contribution in [2.45, 2.75) is 16.8 Å². The molecule has 1 aromatic heterocycles. The Morgan fingerprint density at radius 3 is 2.31 bits per heavy atom.